The lowest BCUT2D eigenvalue weighted by molar-refractivity contribution is 0.272. The van der Waals surface area contributed by atoms with E-state index >= 15 is 4.39 Å². The van der Waals surface area contributed by atoms with Crippen LogP contribution in [0.25, 0.3) is 0 Å². The average Bonchev–Trinajstić information content (AvgIpc) is 3.28. The predicted molar refractivity (Wildman–Crippen MR) is 124 cm³/mol. The summed E-state index contributed by atoms with van der Waals surface area (Å²) in [6.45, 7) is 0.215. The maximum absolute atomic E-state index is 15.1. The van der Waals surface area contributed by atoms with Crippen LogP contribution in [0.1, 0.15) is 22.3 Å². The van der Waals surface area contributed by atoms with Crippen LogP contribution < -0.4 is 14.8 Å². The van der Waals surface area contributed by atoms with Crippen molar-refractivity contribution in [2.75, 3.05) is 23.7 Å². The molecule has 0 amide bonds. The molecule has 0 fully saturated rings. The number of aromatic nitrogens is 1. The zero-order valence-corrected chi connectivity index (χ0v) is 19.3. The molecule has 176 valence electrons. The molecule has 0 atom stereocenters. The Balaban J connectivity index is 1.70. The summed E-state index contributed by atoms with van der Waals surface area (Å²) < 4.78 is 62.7. The lowest BCUT2D eigenvalue weighted by Crippen LogP contribution is -2.16. The lowest BCUT2D eigenvalue weighted by Gasteiger charge is -2.15. The van der Waals surface area contributed by atoms with Crippen LogP contribution in [-0.2, 0) is 23.1 Å². The van der Waals surface area contributed by atoms with Gasteiger partial charge in [0, 0.05) is 28.9 Å². The molecule has 2 heterocycles. The fraction of sp³-hybridized carbons (Fsp3) is 0.174. The monoisotopic (exact) mass is 505 g/mol. The number of sulfonamides is 1. The van der Waals surface area contributed by atoms with E-state index in [9.17, 15) is 17.9 Å². The number of aliphatic hydroxyl groups is 1. The summed E-state index contributed by atoms with van der Waals surface area (Å²) in [5.74, 6) is 3.56. The number of anilines is 2. The Kier molecular flexibility index (Phi) is 6.61. The van der Waals surface area contributed by atoms with Crippen molar-refractivity contribution < 1.29 is 27.0 Å². The Hall–Kier alpha value is -3.39. The Morgan fingerprint density at radius 3 is 2.79 bits per heavy atom. The second-order valence-electron chi connectivity index (χ2n) is 7.30. The molecule has 0 radical (unpaired) electrons. The van der Waals surface area contributed by atoms with E-state index < -0.39 is 44.4 Å². The topological polar surface area (TPSA) is 101 Å². The molecular weight excluding hydrogens is 488 g/mol. The highest BCUT2D eigenvalue weighted by Crippen LogP contribution is 2.34. The van der Waals surface area contributed by atoms with E-state index in [1.54, 1.807) is 6.07 Å². The number of nitrogens with zero attached hydrogens (tertiary/aromatic N) is 1. The summed E-state index contributed by atoms with van der Waals surface area (Å²) in [6, 6.07) is 6.07. The number of halogens is 3. The van der Waals surface area contributed by atoms with E-state index in [0.29, 0.717) is 5.56 Å². The van der Waals surface area contributed by atoms with Crippen molar-refractivity contribution in [1.82, 2.24) is 4.98 Å². The van der Waals surface area contributed by atoms with Gasteiger partial charge in [-0.1, -0.05) is 23.4 Å². The fourth-order valence-electron chi connectivity index (χ4n) is 3.50. The van der Waals surface area contributed by atoms with Crippen LogP contribution >= 0.6 is 11.6 Å². The van der Waals surface area contributed by atoms with Crippen molar-refractivity contribution in [3.05, 3.63) is 75.4 Å². The van der Waals surface area contributed by atoms with Gasteiger partial charge >= 0.3 is 0 Å². The first-order valence-electron chi connectivity index (χ1n) is 9.96. The van der Waals surface area contributed by atoms with Crippen LogP contribution in [0.5, 0.6) is 5.75 Å². The number of methoxy groups -OCH3 is 1. The largest absolute Gasteiger partial charge is 0.495 e. The van der Waals surface area contributed by atoms with E-state index in [2.05, 4.69) is 26.9 Å². The summed E-state index contributed by atoms with van der Waals surface area (Å²) in [5.41, 5.74) is 0.418. The zero-order chi connectivity index (χ0) is 24.5. The number of hydrogen-bond acceptors (Lipinski definition) is 6. The van der Waals surface area contributed by atoms with Crippen LogP contribution in [0.15, 0.2) is 41.4 Å². The van der Waals surface area contributed by atoms with Gasteiger partial charge in [0.05, 0.1) is 25.0 Å². The maximum atomic E-state index is 15.1. The number of fused-ring (bicyclic) bond motifs is 1. The Labute approximate surface area is 199 Å². The second-order valence-corrected chi connectivity index (χ2v) is 9.39. The van der Waals surface area contributed by atoms with Crippen molar-refractivity contribution >= 4 is 33.1 Å². The SMILES string of the molecule is COc1c(CO)cc(Cl)cc1S(=O)(=O)Nc1ccc(F)c(C#Cc2cnc3c(c2)CCN3)c1F. The smallest absolute Gasteiger partial charge is 0.265 e. The van der Waals surface area contributed by atoms with Crippen LogP contribution in [0.2, 0.25) is 5.02 Å². The van der Waals surface area contributed by atoms with Gasteiger partial charge in [-0.3, -0.25) is 4.72 Å². The molecule has 0 bridgehead atoms. The first-order chi connectivity index (χ1) is 16.2. The number of ether oxygens (including phenoxy) is 1. The molecule has 4 rings (SSSR count). The first kappa shape index (κ1) is 23.8. The van der Waals surface area contributed by atoms with Gasteiger partial charge in [-0.25, -0.2) is 22.2 Å². The molecule has 1 aromatic heterocycles. The van der Waals surface area contributed by atoms with Gasteiger partial charge in [-0.15, -0.1) is 0 Å². The van der Waals surface area contributed by atoms with Gasteiger partial charge in [0.1, 0.15) is 22.3 Å². The van der Waals surface area contributed by atoms with Gasteiger partial charge in [0.25, 0.3) is 10.0 Å². The number of nitrogens with one attached hydrogen (secondary N) is 2. The van der Waals surface area contributed by atoms with E-state index in [-0.39, 0.29) is 16.3 Å². The summed E-state index contributed by atoms with van der Waals surface area (Å²) in [4.78, 5) is 3.80. The van der Waals surface area contributed by atoms with E-state index in [1.807, 2.05) is 0 Å². The third kappa shape index (κ3) is 4.63. The Morgan fingerprint density at radius 1 is 1.26 bits per heavy atom. The van der Waals surface area contributed by atoms with Gasteiger partial charge in [-0.2, -0.15) is 0 Å². The number of rotatable bonds is 5. The molecule has 34 heavy (non-hydrogen) atoms. The average molecular weight is 506 g/mol. The van der Waals surface area contributed by atoms with Gasteiger partial charge < -0.3 is 15.2 Å². The zero-order valence-electron chi connectivity index (χ0n) is 17.7. The van der Waals surface area contributed by atoms with Crippen LogP contribution in [0.4, 0.5) is 20.3 Å². The number of hydrogen-bond donors (Lipinski definition) is 3. The molecule has 11 heteroatoms. The van der Waals surface area contributed by atoms with Gasteiger partial charge in [0.15, 0.2) is 5.82 Å². The van der Waals surface area contributed by atoms with Crippen LogP contribution in [0, 0.1) is 23.5 Å². The molecule has 3 aromatic rings. The molecule has 3 N–H and O–H groups in total. The minimum atomic E-state index is -4.44. The number of pyridine rings is 1. The highest BCUT2D eigenvalue weighted by Gasteiger charge is 2.25. The first-order valence-corrected chi connectivity index (χ1v) is 11.8. The van der Waals surface area contributed by atoms with E-state index in [4.69, 9.17) is 16.3 Å². The third-order valence-electron chi connectivity index (χ3n) is 5.08. The Bertz CT molecular complexity index is 1450. The summed E-state index contributed by atoms with van der Waals surface area (Å²) in [6.07, 6.45) is 2.25. The van der Waals surface area contributed by atoms with Crippen molar-refractivity contribution in [1.29, 1.82) is 0 Å². The van der Waals surface area contributed by atoms with Crippen molar-refractivity contribution in [3.63, 3.8) is 0 Å². The molecule has 2 aromatic carbocycles. The molecule has 0 spiro atoms. The van der Waals surface area contributed by atoms with Gasteiger partial charge in [0.2, 0.25) is 0 Å². The Morgan fingerprint density at radius 2 is 2.06 bits per heavy atom. The fourth-order valence-corrected chi connectivity index (χ4v) is 5.10. The second kappa shape index (κ2) is 9.46. The molecule has 0 unspecified atom stereocenters. The summed E-state index contributed by atoms with van der Waals surface area (Å²) in [7, 11) is -3.22. The molecule has 0 saturated carbocycles. The van der Waals surface area contributed by atoms with Gasteiger partial charge in [-0.05, 0) is 42.3 Å². The predicted octanol–water partition coefficient (Wildman–Crippen LogP) is 3.68. The van der Waals surface area contributed by atoms with E-state index in [0.717, 1.165) is 42.5 Å². The normalized spacial score (nSPS) is 12.4. The quantitative estimate of drug-likeness (QED) is 0.457. The number of benzene rings is 2. The van der Waals surface area contributed by atoms with Crippen molar-refractivity contribution in [3.8, 4) is 17.6 Å². The molecule has 1 aliphatic heterocycles. The van der Waals surface area contributed by atoms with Crippen molar-refractivity contribution in [2.24, 2.45) is 0 Å². The molecule has 0 aliphatic carbocycles. The minimum absolute atomic E-state index is 0.0227. The van der Waals surface area contributed by atoms with E-state index in [1.165, 1.54) is 19.4 Å². The van der Waals surface area contributed by atoms with Crippen molar-refractivity contribution in [2.45, 2.75) is 17.9 Å². The van der Waals surface area contributed by atoms with Crippen LogP contribution in [0.3, 0.4) is 0 Å². The van der Waals surface area contributed by atoms with Crippen LogP contribution in [-0.4, -0.2) is 32.2 Å². The minimum Gasteiger partial charge on any atom is -0.495 e. The summed E-state index contributed by atoms with van der Waals surface area (Å²) >= 11 is 5.97. The summed E-state index contributed by atoms with van der Waals surface area (Å²) in [5, 5.41) is 12.6. The lowest BCUT2D eigenvalue weighted by atomic mass is 10.1. The highest BCUT2D eigenvalue weighted by molar-refractivity contribution is 7.92. The number of aliphatic hydroxyl groups excluding tert-OH is 1. The molecule has 7 nitrogen and oxygen atoms in total. The standard InChI is InChI=1S/C23H18ClF2N3O4S/c1-33-22-15(12-30)9-16(24)10-20(22)34(31,32)29-19-5-4-18(25)17(21(19)26)3-2-13-8-14-6-7-27-23(14)28-11-13/h4-5,8-11,29-30H,6-7,12H2,1H3,(H,27,28). The third-order valence-corrected chi connectivity index (χ3v) is 6.67. The molecule has 0 saturated heterocycles. The highest BCUT2D eigenvalue weighted by atomic mass is 35.5. The molecular formula is C23H18ClF2N3O4S. The maximum Gasteiger partial charge on any atom is 0.265 e. The molecule has 1 aliphatic rings.